The first-order valence-corrected chi connectivity index (χ1v) is 10.6. The van der Waals surface area contributed by atoms with Gasteiger partial charge >= 0.3 is 0 Å². The third-order valence-electron chi connectivity index (χ3n) is 5.70. The lowest BCUT2D eigenvalue weighted by Crippen LogP contribution is -2.65. The topological polar surface area (TPSA) is 125 Å². The van der Waals surface area contributed by atoms with Crippen molar-refractivity contribution < 1.29 is 24.5 Å². The van der Waals surface area contributed by atoms with Gasteiger partial charge in [0.05, 0.1) is 17.7 Å². The summed E-state index contributed by atoms with van der Waals surface area (Å²) in [6.45, 7) is 3.55. The summed E-state index contributed by atoms with van der Waals surface area (Å²) < 4.78 is 6.11. The van der Waals surface area contributed by atoms with E-state index in [0.29, 0.717) is 12.0 Å². The number of amides is 1. The molecule has 3 N–H and O–H groups in total. The molecule has 1 spiro atoms. The molecule has 2 aliphatic heterocycles. The van der Waals surface area contributed by atoms with E-state index in [4.69, 9.17) is 14.6 Å². The Morgan fingerprint density at radius 1 is 1.33 bits per heavy atom. The minimum absolute atomic E-state index is 0.166. The third kappa shape index (κ3) is 4.94. The van der Waals surface area contributed by atoms with Crippen molar-refractivity contribution in [3.05, 3.63) is 41.4 Å². The highest BCUT2D eigenvalue weighted by Gasteiger charge is 2.50. The molecule has 0 bridgehead atoms. The number of nitrogens with one attached hydrogen (secondary N) is 1. The third-order valence-corrected chi connectivity index (χ3v) is 6.45. The van der Waals surface area contributed by atoms with Gasteiger partial charge in [0.1, 0.15) is 11.6 Å². The number of carbonyl (C=O) groups is 2. The molecular weight excluding hydrogens is 408 g/mol. The van der Waals surface area contributed by atoms with Crippen molar-refractivity contribution >= 4 is 28.8 Å². The fourth-order valence-corrected chi connectivity index (χ4v) is 4.67. The smallest absolute Gasteiger partial charge is 0.290 e. The quantitative estimate of drug-likeness (QED) is 0.622. The Bertz CT molecular complexity index is 827. The van der Waals surface area contributed by atoms with E-state index in [1.807, 2.05) is 25.1 Å². The van der Waals surface area contributed by atoms with E-state index >= 15 is 0 Å². The first kappa shape index (κ1) is 22.1. The van der Waals surface area contributed by atoms with Crippen molar-refractivity contribution in [2.75, 3.05) is 24.6 Å². The molecule has 2 aromatic rings. The van der Waals surface area contributed by atoms with Crippen LogP contribution in [0.25, 0.3) is 0 Å². The Kier molecular flexibility index (Phi) is 7.01. The summed E-state index contributed by atoms with van der Waals surface area (Å²) in [5.74, 6) is -0.166. The molecule has 162 valence electrons. The lowest BCUT2D eigenvalue weighted by atomic mass is 9.74. The Morgan fingerprint density at radius 3 is 2.60 bits per heavy atom. The van der Waals surface area contributed by atoms with Crippen LogP contribution >= 0.6 is 11.3 Å². The van der Waals surface area contributed by atoms with Crippen LogP contribution in [0, 0.1) is 0 Å². The number of aromatic nitrogens is 2. The lowest BCUT2D eigenvalue weighted by Gasteiger charge is -2.51. The minimum Gasteiger partial charge on any atom is -0.483 e. The molecule has 2 aliphatic rings. The molecule has 30 heavy (non-hydrogen) atoms. The van der Waals surface area contributed by atoms with Crippen LogP contribution in [0.3, 0.4) is 0 Å². The molecule has 2 fully saturated rings. The van der Waals surface area contributed by atoms with Gasteiger partial charge in [0.25, 0.3) is 12.4 Å². The molecule has 10 heteroatoms. The molecule has 4 rings (SSSR count). The number of rotatable bonds is 3. The number of hydrogen-bond donors (Lipinski definition) is 3. The molecule has 0 aliphatic carbocycles. The van der Waals surface area contributed by atoms with Crippen molar-refractivity contribution in [2.24, 2.45) is 0 Å². The van der Waals surface area contributed by atoms with Gasteiger partial charge in [-0.15, -0.1) is 10.2 Å². The van der Waals surface area contributed by atoms with Crippen LogP contribution < -0.4 is 10.2 Å². The molecular formula is C20H26N4O5S. The Hall–Kier alpha value is -2.56. The molecule has 2 saturated heterocycles. The number of carbonyl (C=O) groups excluding carboxylic acids is 1. The molecule has 1 aromatic heterocycles. The van der Waals surface area contributed by atoms with Gasteiger partial charge in [0, 0.05) is 25.1 Å². The zero-order valence-electron chi connectivity index (χ0n) is 16.7. The summed E-state index contributed by atoms with van der Waals surface area (Å²) in [6, 6.07) is 9.11. The normalized spacial score (nSPS) is 25.1. The average molecular weight is 435 g/mol. The summed E-state index contributed by atoms with van der Waals surface area (Å²) in [6.07, 6.45) is 1.51. The van der Waals surface area contributed by atoms with E-state index in [-0.39, 0.29) is 24.6 Å². The summed E-state index contributed by atoms with van der Waals surface area (Å²) in [7, 11) is 0. The highest BCUT2D eigenvalue weighted by atomic mass is 32.1. The van der Waals surface area contributed by atoms with Gasteiger partial charge in [0.2, 0.25) is 5.13 Å². The van der Waals surface area contributed by atoms with Crippen LogP contribution in [-0.2, 0) is 9.53 Å². The van der Waals surface area contributed by atoms with Gasteiger partial charge < -0.3 is 25.2 Å². The number of ether oxygens (including phenoxy) is 1. The number of nitrogens with zero attached hydrogens (tertiary/aromatic N) is 3. The molecule has 1 aromatic carbocycles. The van der Waals surface area contributed by atoms with Crippen molar-refractivity contribution in [1.29, 1.82) is 0 Å². The van der Waals surface area contributed by atoms with Gasteiger partial charge in [-0.25, -0.2) is 0 Å². The number of aliphatic hydroxyl groups excluding tert-OH is 1. The SMILES string of the molecule is C[C@@]1(NC(=O)c2ccccc2)CC2(CCN(c3nncs3)CC2)OC[C@H]1O.O=CO. The van der Waals surface area contributed by atoms with Gasteiger partial charge in [-0.1, -0.05) is 29.5 Å². The van der Waals surface area contributed by atoms with Crippen LogP contribution in [0.5, 0.6) is 0 Å². The molecule has 2 atom stereocenters. The van der Waals surface area contributed by atoms with Crippen molar-refractivity contribution in [3.8, 4) is 0 Å². The number of carboxylic acid groups (broad SMARTS) is 1. The van der Waals surface area contributed by atoms with E-state index in [1.165, 1.54) is 11.3 Å². The summed E-state index contributed by atoms with van der Waals surface area (Å²) in [5, 5.41) is 29.5. The van der Waals surface area contributed by atoms with Crippen LogP contribution in [0.1, 0.15) is 36.5 Å². The van der Waals surface area contributed by atoms with E-state index < -0.39 is 11.6 Å². The maximum Gasteiger partial charge on any atom is 0.290 e. The highest BCUT2D eigenvalue weighted by molar-refractivity contribution is 7.13. The summed E-state index contributed by atoms with van der Waals surface area (Å²) in [5.41, 5.74) is 1.27. The Morgan fingerprint density at radius 2 is 2.00 bits per heavy atom. The first-order chi connectivity index (χ1) is 14.4. The van der Waals surface area contributed by atoms with E-state index in [0.717, 1.165) is 31.1 Å². The second kappa shape index (κ2) is 9.50. The fourth-order valence-electron chi connectivity index (χ4n) is 4.06. The Balaban J connectivity index is 0.000000806. The van der Waals surface area contributed by atoms with Gasteiger partial charge in [-0.2, -0.15) is 0 Å². The van der Waals surface area contributed by atoms with Crippen molar-refractivity contribution in [3.63, 3.8) is 0 Å². The molecule has 0 saturated carbocycles. The van der Waals surface area contributed by atoms with Gasteiger partial charge in [0.15, 0.2) is 0 Å². The number of hydrogen-bond acceptors (Lipinski definition) is 8. The molecule has 9 nitrogen and oxygen atoms in total. The predicted octanol–water partition coefficient (Wildman–Crippen LogP) is 1.55. The molecule has 0 unspecified atom stereocenters. The number of anilines is 1. The molecule has 0 radical (unpaired) electrons. The van der Waals surface area contributed by atoms with Gasteiger partial charge in [-0.3, -0.25) is 9.59 Å². The van der Waals surface area contributed by atoms with E-state index in [2.05, 4.69) is 20.4 Å². The second-order valence-corrected chi connectivity index (χ2v) is 8.55. The zero-order chi connectivity index (χ0) is 21.6. The number of aliphatic hydroxyl groups is 1. The maximum atomic E-state index is 12.7. The van der Waals surface area contributed by atoms with Crippen LogP contribution in [0.15, 0.2) is 35.8 Å². The minimum atomic E-state index is -0.739. The van der Waals surface area contributed by atoms with Crippen LogP contribution in [-0.4, -0.2) is 69.7 Å². The zero-order valence-corrected chi connectivity index (χ0v) is 17.5. The predicted molar refractivity (Wildman–Crippen MR) is 112 cm³/mol. The van der Waals surface area contributed by atoms with E-state index in [1.54, 1.807) is 17.6 Å². The van der Waals surface area contributed by atoms with Crippen LogP contribution in [0.4, 0.5) is 5.13 Å². The second-order valence-electron chi connectivity index (χ2n) is 7.74. The van der Waals surface area contributed by atoms with Gasteiger partial charge in [-0.05, 0) is 31.9 Å². The first-order valence-electron chi connectivity index (χ1n) is 9.70. The summed E-state index contributed by atoms with van der Waals surface area (Å²) in [4.78, 5) is 23.2. The Labute approximate surface area is 178 Å². The number of piperidine rings is 1. The average Bonchev–Trinajstić information content (AvgIpc) is 3.28. The van der Waals surface area contributed by atoms with Crippen LogP contribution in [0.2, 0.25) is 0 Å². The summed E-state index contributed by atoms with van der Waals surface area (Å²) >= 11 is 1.54. The number of benzene rings is 1. The standard InChI is InChI=1S/C19H24N4O3S.CH2O2/c1-18(21-16(25)14-5-3-2-4-6-14)12-19(26-11-15(18)24)7-9-23(10-8-19)17-22-20-13-27-17;2-1-3/h2-6,13,15,24H,7-12H2,1H3,(H,21,25);1H,(H,2,3)/t15-,18-;/m1./s1. The fraction of sp³-hybridized carbons (Fsp3) is 0.500. The van der Waals surface area contributed by atoms with E-state index in [9.17, 15) is 9.90 Å². The molecule has 3 heterocycles. The lowest BCUT2D eigenvalue weighted by molar-refractivity contribution is -0.167. The molecule has 1 amide bonds. The monoisotopic (exact) mass is 434 g/mol. The largest absolute Gasteiger partial charge is 0.483 e. The highest BCUT2D eigenvalue weighted by Crippen LogP contribution is 2.40. The maximum absolute atomic E-state index is 12.7. The van der Waals surface area contributed by atoms with Crippen molar-refractivity contribution in [2.45, 2.75) is 43.4 Å². The van der Waals surface area contributed by atoms with Crippen molar-refractivity contribution in [1.82, 2.24) is 15.5 Å².